The first-order chi connectivity index (χ1) is 14.1. The second-order valence-electron chi connectivity index (χ2n) is 6.55. The summed E-state index contributed by atoms with van der Waals surface area (Å²) in [7, 11) is 0. The van der Waals surface area contributed by atoms with E-state index in [-0.39, 0.29) is 24.1 Å². The third-order valence-electron chi connectivity index (χ3n) is 4.85. The van der Waals surface area contributed by atoms with E-state index in [1.165, 1.54) is 28.7 Å². The fourth-order valence-electron chi connectivity index (χ4n) is 3.16. The normalized spacial score (nSPS) is 11.2. The number of fused-ring (bicyclic) bond motifs is 2. The van der Waals surface area contributed by atoms with Crippen LogP contribution in [0.1, 0.15) is 23.6 Å². The summed E-state index contributed by atoms with van der Waals surface area (Å²) in [6.07, 6.45) is 0. The first-order valence-electron chi connectivity index (χ1n) is 9.55. The minimum atomic E-state index is -0.374. The highest BCUT2D eigenvalue weighted by molar-refractivity contribution is 7.23. The lowest BCUT2D eigenvalue weighted by atomic mass is 10.3. The molecule has 0 saturated carbocycles. The lowest BCUT2D eigenvalue weighted by Crippen LogP contribution is -2.38. The van der Waals surface area contributed by atoms with Crippen molar-refractivity contribution in [3.63, 3.8) is 0 Å². The summed E-state index contributed by atoms with van der Waals surface area (Å²) in [5, 5.41) is 0.923. The molecule has 158 valence electrons. The number of carbonyl (C=O) groups excluding carboxylic acids is 1. The van der Waals surface area contributed by atoms with Gasteiger partial charge in [0, 0.05) is 13.1 Å². The van der Waals surface area contributed by atoms with E-state index in [0.29, 0.717) is 28.7 Å². The van der Waals surface area contributed by atoms with Crippen LogP contribution < -0.4 is 4.90 Å². The highest BCUT2D eigenvalue weighted by Gasteiger charge is 2.25. The predicted molar refractivity (Wildman–Crippen MR) is 126 cm³/mol. The molecule has 2 aromatic carbocycles. The van der Waals surface area contributed by atoms with Gasteiger partial charge in [-0.05, 0) is 37.4 Å². The Morgan fingerprint density at radius 3 is 2.40 bits per heavy atom. The Morgan fingerprint density at radius 2 is 1.70 bits per heavy atom. The number of benzene rings is 2. The van der Waals surface area contributed by atoms with Crippen LogP contribution in [0.5, 0.6) is 0 Å². The van der Waals surface area contributed by atoms with Crippen molar-refractivity contribution >= 4 is 66.6 Å². The number of hydrogen-bond donors (Lipinski definition) is 0. The van der Waals surface area contributed by atoms with Crippen LogP contribution in [0, 0.1) is 5.82 Å². The Kier molecular flexibility index (Phi) is 7.36. The van der Waals surface area contributed by atoms with Gasteiger partial charge in [-0.15, -0.1) is 23.7 Å². The molecule has 0 atom stereocenters. The largest absolute Gasteiger partial charge is 0.302 e. The Hall–Kier alpha value is -2.13. The van der Waals surface area contributed by atoms with Gasteiger partial charge in [0.25, 0.3) is 5.91 Å². The van der Waals surface area contributed by atoms with Gasteiger partial charge in [-0.25, -0.2) is 14.4 Å². The molecule has 0 aliphatic carbocycles. The quantitative estimate of drug-likeness (QED) is 0.364. The SMILES string of the molecule is CCN(CC)CCN(C(=O)c1nc2ccccc2s1)c1nc2c(F)cccc2s1.Cl. The molecule has 4 rings (SSSR count). The number of halogens is 2. The monoisotopic (exact) mass is 464 g/mol. The maximum atomic E-state index is 14.2. The third kappa shape index (κ3) is 4.46. The van der Waals surface area contributed by atoms with Crippen molar-refractivity contribution in [2.24, 2.45) is 0 Å². The molecule has 0 aliphatic rings. The van der Waals surface area contributed by atoms with Crippen LogP contribution in [0.25, 0.3) is 20.4 Å². The Labute approximate surface area is 188 Å². The fraction of sp³-hybridized carbons (Fsp3) is 0.286. The second-order valence-corrected chi connectivity index (χ2v) is 8.59. The molecule has 9 heteroatoms. The number of hydrogen-bond acceptors (Lipinski definition) is 6. The van der Waals surface area contributed by atoms with Crippen LogP contribution in [0.3, 0.4) is 0 Å². The number of anilines is 1. The third-order valence-corrected chi connectivity index (χ3v) is 6.91. The van der Waals surface area contributed by atoms with Crippen molar-refractivity contribution in [2.45, 2.75) is 13.8 Å². The van der Waals surface area contributed by atoms with Crippen molar-refractivity contribution in [3.05, 3.63) is 53.3 Å². The van der Waals surface area contributed by atoms with E-state index < -0.39 is 0 Å². The number of carbonyl (C=O) groups is 1. The molecule has 1 amide bonds. The molecule has 0 bridgehead atoms. The molecule has 0 aliphatic heterocycles. The number of aromatic nitrogens is 2. The lowest BCUT2D eigenvalue weighted by Gasteiger charge is -2.24. The Bertz CT molecular complexity index is 1130. The highest BCUT2D eigenvalue weighted by Crippen LogP contribution is 2.32. The molecule has 2 heterocycles. The summed E-state index contributed by atoms with van der Waals surface area (Å²) in [5.74, 6) is -0.570. The zero-order valence-electron chi connectivity index (χ0n) is 16.7. The molecule has 5 nitrogen and oxygen atoms in total. The standard InChI is InChI=1S/C21H21FN4OS2.ClH/c1-3-25(4-2)12-13-26(21-24-18-14(22)8-7-11-17(18)29-21)20(27)19-23-15-9-5-6-10-16(15)28-19;/h5-11H,3-4,12-13H2,1-2H3;1H. The molecule has 0 spiro atoms. The van der Waals surface area contributed by atoms with E-state index in [0.717, 1.165) is 28.0 Å². The van der Waals surface area contributed by atoms with Crippen molar-refractivity contribution < 1.29 is 9.18 Å². The number of thiazole rings is 2. The van der Waals surface area contributed by atoms with Crippen LogP contribution in [-0.4, -0.2) is 47.0 Å². The van der Waals surface area contributed by atoms with Crippen LogP contribution >= 0.6 is 35.1 Å². The van der Waals surface area contributed by atoms with Crippen LogP contribution in [0.2, 0.25) is 0 Å². The summed E-state index contributed by atoms with van der Waals surface area (Å²) >= 11 is 2.70. The molecular weight excluding hydrogens is 443 g/mol. The van der Waals surface area contributed by atoms with E-state index in [2.05, 4.69) is 28.7 Å². The van der Waals surface area contributed by atoms with E-state index in [9.17, 15) is 9.18 Å². The predicted octanol–water partition coefficient (Wildman–Crippen LogP) is 5.46. The van der Waals surface area contributed by atoms with Crippen molar-refractivity contribution in [3.8, 4) is 0 Å². The number of amides is 1. The maximum absolute atomic E-state index is 14.2. The van der Waals surface area contributed by atoms with Crippen LogP contribution in [-0.2, 0) is 0 Å². The zero-order valence-corrected chi connectivity index (χ0v) is 19.1. The minimum absolute atomic E-state index is 0. The van der Waals surface area contributed by atoms with E-state index in [1.807, 2.05) is 30.3 Å². The average molecular weight is 465 g/mol. The molecule has 0 N–H and O–H groups in total. The van der Waals surface area contributed by atoms with Gasteiger partial charge in [0.05, 0.1) is 14.9 Å². The topological polar surface area (TPSA) is 49.3 Å². The minimum Gasteiger partial charge on any atom is -0.302 e. The van der Waals surface area contributed by atoms with Crippen molar-refractivity contribution in [1.82, 2.24) is 14.9 Å². The van der Waals surface area contributed by atoms with Gasteiger partial charge in [0.2, 0.25) is 0 Å². The second kappa shape index (κ2) is 9.78. The van der Waals surface area contributed by atoms with E-state index in [1.54, 1.807) is 11.0 Å². The fourth-order valence-corrected chi connectivity index (χ4v) is 5.08. The van der Waals surface area contributed by atoms with Gasteiger partial charge < -0.3 is 4.90 Å². The van der Waals surface area contributed by atoms with Gasteiger partial charge in [0.15, 0.2) is 10.1 Å². The zero-order chi connectivity index (χ0) is 20.4. The van der Waals surface area contributed by atoms with Crippen molar-refractivity contribution in [1.29, 1.82) is 0 Å². The van der Waals surface area contributed by atoms with Crippen LogP contribution in [0.4, 0.5) is 9.52 Å². The summed E-state index contributed by atoms with van der Waals surface area (Å²) in [5.41, 5.74) is 1.11. The highest BCUT2D eigenvalue weighted by atomic mass is 35.5. The van der Waals surface area contributed by atoms with Gasteiger partial charge >= 0.3 is 0 Å². The summed E-state index contributed by atoms with van der Waals surface area (Å²) in [6, 6.07) is 12.6. The van der Waals surface area contributed by atoms with Gasteiger partial charge in [0.1, 0.15) is 11.3 Å². The number of para-hydroxylation sites is 2. The molecule has 30 heavy (non-hydrogen) atoms. The van der Waals surface area contributed by atoms with Crippen LogP contribution in [0.15, 0.2) is 42.5 Å². The summed E-state index contributed by atoms with van der Waals surface area (Å²) in [4.78, 5) is 26.2. The Balaban J connectivity index is 0.00000256. The first kappa shape index (κ1) is 22.6. The number of nitrogens with zero attached hydrogens (tertiary/aromatic N) is 4. The number of rotatable bonds is 7. The summed E-state index contributed by atoms with van der Waals surface area (Å²) in [6.45, 7) is 7.16. The Morgan fingerprint density at radius 1 is 0.967 bits per heavy atom. The average Bonchev–Trinajstić information content (AvgIpc) is 3.36. The maximum Gasteiger partial charge on any atom is 0.289 e. The molecule has 0 saturated heterocycles. The molecule has 4 aromatic rings. The van der Waals surface area contributed by atoms with Gasteiger partial charge in [-0.1, -0.05) is 43.4 Å². The molecule has 0 radical (unpaired) electrons. The summed E-state index contributed by atoms with van der Waals surface area (Å²) < 4.78 is 15.9. The van der Waals surface area contributed by atoms with Gasteiger partial charge in [-0.2, -0.15) is 0 Å². The van der Waals surface area contributed by atoms with E-state index in [4.69, 9.17) is 0 Å². The van der Waals surface area contributed by atoms with Gasteiger partial charge in [-0.3, -0.25) is 9.69 Å². The lowest BCUT2D eigenvalue weighted by molar-refractivity contribution is 0.0983. The van der Waals surface area contributed by atoms with Crippen molar-refractivity contribution in [2.75, 3.05) is 31.1 Å². The number of likely N-dealkylation sites (N-methyl/N-ethyl adjacent to an activating group) is 1. The molecule has 0 unspecified atom stereocenters. The van der Waals surface area contributed by atoms with E-state index >= 15 is 0 Å². The first-order valence-corrected chi connectivity index (χ1v) is 11.2. The molecule has 2 aromatic heterocycles. The molecular formula is C21H22ClFN4OS2. The smallest absolute Gasteiger partial charge is 0.289 e. The molecule has 0 fully saturated rings.